The van der Waals surface area contributed by atoms with Gasteiger partial charge in [-0.05, 0) is 25.0 Å². The average Bonchev–Trinajstić information content (AvgIpc) is 2.53. The van der Waals surface area contributed by atoms with Gasteiger partial charge in [-0.25, -0.2) is 4.79 Å². The number of carbonyl (C=O) groups excluding carboxylic acids is 1. The van der Waals surface area contributed by atoms with Crippen molar-refractivity contribution in [3.05, 3.63) is 70.8 Å². The van der Waals surface area contributed by atoms with Crippen LogP contribution in [0, 0.1) is 25.2 Å². The Balaban J connectivity index is 1.94. The van der Waals surface area contributed by atoms with E-state index in [1.807, 2.05) is 56.3 Å². The van der Waals surface area contributed by atoms with Crippen LogP contribution in [0.5, 0.6) is 0 Å². The Kier molecular flexibility index (Phi) is 5.16. The molecule has 0 fully saturated rings. The van der Waals surface area contributed by atoms with Crippen LogP contribution in [-0.2, 0) is 11.3 Å². The van der Waals surface area contributed by atoms with Crippen molar-refractivity contribution in [2.75, 3.05) is 0 Å². The third kappa shape index (κ3) is 4.10. The number of aryl methyl sites for hydroxylation is 2. The first-order valence-electron chi connectivity index (χ1n) is 7.05. The van der Waals surface area contributed by atoms with Crippen molar-refractivity contribution in [3.8, 4) is 6.07 Å². The van der Waals surface area contributed by atoms with Crippen molar-refractivity contribution in [1.82, 2.24) is 5.32 Å². The maximum atomic E-state index is 11.9. The van der Waals surface area contributed by atoms with E-state index in [0.29, 0.717) is 12.1 Å². The fraction of sp³-hybridized carbons (Fsp3) is 0.222. The lowest BCUT2D eigenvalue weighted by atomic mass is 10.1. The number of benzene rings is 2. The average molecular weight is 294 g/mol. The van der Waals surface area contributed by atoms with Crippen molar-refractivity contribution in [2.24, 2.45) is 0 Å². The van der Waals surface area contributed by atoms with Gasteiger partial charge in [-0.15, -0.1) is 0 Å². The summed E-state index contributed by atoms with van der Waals surface area (Å²) < 4.78 is 5.18. The molecule has 0 saturated heterocycles. The second-order valence-electron chi connectivity index (χ2n) is 5.11. The summed E-state index contributed by atoms with van der Waals surface area (Å²) in [6, 6.07) is 17.1. The first kappa shape index (κ1) is 15.6. The molecule has 1 amide bonds. The van der Waals surface area contributed by atoms with Crippen molar-refractivity contribution in [2.45, 2.75) is 26.5 Å². The topological polar surface area (TPSA) is 62.1 Å². The van der Waals surface area contributed by atoms with Gasteiger partial charge in [0.05, 0.1) is 0 Å². The zero-order valence-corrected chi connectivity index (χ0v) is 12.7. The zero-order valence-electron chi connectivity index (χ0n) is 12.7. The second-order valence-corrected chi connectivity index (χ2v) is 5.11. The Morgan fingerprint density at radius 1 is 1.18 bits per heavy atom. The maximum absolute atomic E-state index is 11.9. The lowest BCUT2D eigenvalue weighted by Gasteiger charge is -2.13. The molecular formula is C18H18N2O2. The molecule has 0 aromatic heterocycles. The van der Waals surface area contributed by atoms with E-state index in [1.165, 1.54) is 0 Å². The van der Waals surface area contributed by atoms with E-state index in [1.54, 1.807) is 12.1 Å². The molecular weight excluding hydrogens is 276 g/mol. The standard InChI is InChI=1S/C18H18N2O2/c1-13-7-9-15(10-8-13)17(11-19)22-18(21)20-12-16-6-4-3-5-14(16)2/h3-10,17H,12H2,1-2H3,(H,20,21). The quantitative estimate of drug-likeness (QED) is 0.933. The SMILES string of the molecule is Cc1ccc(C(C#N)OC(=O)NCc2ccccc2C)cc1. The van der Waals surface area contributed by atoms with E-state index in [4.69, 9.17) is 4.74 Å². The minimum atomic E-state index is -0.905. The molecule has 112 valence electrons. The Morgan fingerprint density at radius 3 is 2.50 bits per heavy atom. The highest BCUT2D eigenvalue weighted by molar-refractivity contribution is 5.68. The summed E-state index contributed by atoms with van der Waals surface area (Å²) in [5, 5.41) is 11.8. The Bertz CT molecular complexity index is 687. The van der Waals surface area contributed by atoms with Crippen LogP contribution < -0.4 is 5.32 Å². The normalized spacial score (nSPS) is 11.3. The summed E-state index contributed by atoms with van der Waals surface area (Å²) in [7, 11) is 0. The summed E-state index contributed by atoms with van der Waals surface area (Å²) in [5.41, 5.74) is 3.87. The molecule has 2 aromatic rings. The highest BCUT2D eigenvalue weighted by Gasteiger charge is 2.15. The number of alkyl carbamates (subject to hydrolysis) is 1. The van der Waals surface area contributed by atoms with E-state index in [9.17, 15) is 10.1 Å². The Hall–Kier alpha value is -2.80. The largest absolute Gasteiger partial charge is 0.426 e. The second kappa shape index (κ2) is 7.28. The number of nitrogens with one attached hydrogen (secondary N) is 1. The van der Waals surface area contributed by atoms with Crippen LogP contribution >= 0.6 is 0 Å². The van der Waals surface area contributed by atoms with Crippen LogP contribution in [0.4, 0.5) is 4.79 Å². The number of rotatable bonds is 4. The monoisotopic (exact) mass is 294 g/mol. The summed E-state index contributed by atoms with van der Waals surface area (Å²) in [6.45, 7) is 4.31. The van der Waals surface area contributed by atoms with Crippen molar-refractivity contribution in [3.63, 3.8) is 0 Å². The van der Waals surface area contributed by atoms with Crippen LogP contribution in [0.25, 0.3) is 0 Å². The number of carbonyl (C=O) groups is 1. The van der Waals surface area contributed by atoms with Crippen LogP contribution in [0.1, 0.15) is 28.4 Å². The van der Waals surface area contributed by atoms with Gasteiger partial charge < -0.3 is 10.1 Å². The summed E-state index contributed by atoms with van der Waals surface area (Å²) >= 11 is 0. The summed E-state index contributed by atoms with van der Waals surface area (Å²) in [4.78, 5) is 11.9. The fourth-order valence-electron chi connectivity index (χ4n) is 2.03. The Morgan fingerprint density at radius 2 is 1.86 bits per heavy atom. The van der Waals surface area contributed by atoms with Crippen LogP contribution in [0.3, 0.4) is 0 Å². The number of amides is 1. The third-order valence-electron chi connectivity index (χ3n) is 3.41. The third-order valence-corrected chi connectivity index (χ3v) is 3.41. The molecule has 0 bridgehead atoms. The van der Waals surface area contributed by atoms with Gasteiger partial charge in [0.15, 0.2) is 0 Å². The van der Waals surface area contributed by atoms with E-state index in [-0.39, 0.29) is 0 Å². The zero-order chi connectivity index (χ0) is 15.9. The van der Waals surface area contributed by atoms with Gasteiger partial charge in [-0.3, -0.25) is 0 Å². The van der Waals surface area contributed by atoms with Gasteiger partial charge in [0.2, 0.25) is 6.10 Å². The highest BCUT2D eigenvalue weighted by Crippen LogP contribution is 2.17. The molecule has 2 aromatic carbocycles. The number of hydrogen-bond donors (Lipinski definition) is 1. The highest BCUT2D eigenvalue weighted by atomic mass is 16.6. The van der Waals surface area contributed by atoms with Gasteiger partial charge in [-0.1, -0.05) is 54.1 Å². The van der Waals surface area contributed by atoms with Crippen molar-refractivity contribution >= 4 is 6.09 Å². The van der Waals surface area contributed by atoms with Crippen molar-refractivity contribution < 1.29 is 9.53 Å². The molecule has 1 atom stereocenters. The van der Waals surface area contributed by atoms with Gasteiger partial charge in [0, 0.05) is 12.1 Å². The van der Waals surface area contributed by atoms with Gasteiger partial charge in [-0.2, -0.15) is 5.26 Å². The lowest BCUT2D eigenvalue weighted by Crippen LogP contribution is -2.25. The van der Waals surface area contributed by atoms with Crippen LogP contribution in [-0.4, -0.2) is 6.09 Å². The molecule has 0 spiro atoms. The van der Waals surface area contributed by atoms with Crippen LogP contribution in [0.2, 0.25) is 0 Å². The molecule has 22 heavy (non-hydrogen) atoms. The van der Waals surface area contributed by atoms with Gasteiger partial charge in [0.25, 0.3) is 0 Å². The van der Waals surface area contributed by atoms with Gasteiger partial charge >= 0.3 is 6.09 Å². The molecule has 1 N–H and O–H groups in total. The number of nitriles is 1. The molecule has 0 aliphatic carbocycles. The molecule has 0 aliphatic rings. The molecule has 4 nitrogen and oxygen atoms in total. The summed E-state index contributed by atoms with van der Waals surface area (Å²) in [5.74, 6) is 0. The van der Waals surface area contributed by atoms with Crippen molar-refractivity contribution in [1.29, 1.82) is 5.26 Å². The molecule has 0 radical (unpaired) electrons. The summed E-state index contributed by atoms with van der Waals surface area (Å²) in [6.07, 6.45) is -1.51. The molecule has 1 unspecified atom stereocenters. The number of hydrogen-bond acceptors (Lipinski definition) is 3. The molecule has 0 saturated carbocycles. The molecule has 4 heteroatoms. The first-order chi connectivity index (χ1) is 10.6. The maximum Gasteiger partial charge on any atom is 0.409 e. The minimum absolute atomic E-state index is 0.373. The first-order valence-corrected chi connectivity index (χ1v) is 7.05. The van der Waals surface area contributed by atoms with Crippen LogP contribution in [0.15, 0.2) is 48.5 Å². The molecule has 0 heterocycles. The molecule has 2 rings (SSSR count). The van der Waals surface area contributed by atoms with E-state index < -0.39 is 12.2 Å². The minimum Gasteiger partial charge on any atom is -0.426 e. The van der Waals surface area contributed by atoms with Gasteiger partial charge in [0.1, 0.15) is 6.07 Å². The Labute approximate surface area is 130 Å². The smallest absolute Gasteiger partial charge is 0.409 e. The predicted octanol–water partition coefficient (Wildman–Crippen LogP) is 3.79. The number of ether oxygens (including phenoxy) is 1. The molecule has 0 aliphatic heterocycles. The van der Waals surface area contributed by atoms with E-state index in [0.717, 1.165) is 16.7 Å². The predicted molar refractivity (Wildman–Crippen MR) is 84.0 cm³/mol. The lowest BCUT2D eigenvalue weighted by molar-refractivity contribution is 0.122. The fourth-order valence-corrected chi connectivity index (χ4v) is 2.03. The van der Waals surface area contributed by atoms with E-state index >= 15 is 0 Å². The van der Waals surface area contributed by atoms with E-state index in [2.05, 4.69) is 5.32 Å². The number of nitrogens with zero attached hydrogens (tertiary/aromatic N) is 1.